The molecule has 0 atom stereocenters. The Morgan fingerprint density at radius 2 is 1.90 bits per heavy atom. The lowest BCUT2D eigenvalue weighted by molar-refractivity contribution is 0.771. The normalized spacial score (nSPS) is 10.5. The summed E-state index contributed by atoms with van der Waals surface area (Å²) in [5.41, 5.74) is 2.58. The van der Waals surface area contributed by atoms with Gasteiger partial charge in [-0.1, -0.05) is 37.6 Å². The van der Waals surface area contributed by atoms with E-state index in [1.165, 1.54) is 0 Å². The molecule has 0 fully saturated rings. The van der Waals surface area contributed by atoms with E-state index < -0.39 is 0 Å². The minimum absolute atomic E-state index is 0.221. The Morgan fingerprint density at radius 1 is 1.24 bits per heavy atom. The predicted molar refractivity (Wildman–Crippen MR) is 84.4 cm³/mol. The molecule has 0 bridgehead atoms. The number of halogens is 1. The quantitative estimate of drug-likeness (QED) is 0.865. The van der Waals surface area contributed by atoms with Crippen molar-refractivity contribution in [3.8, 4) is 6.07 Å². The highest BCUT2D eigenvalue weighted by Crippen LogP contribution is 2.23. The fourth-order valence-corrected chi connectivity index (χ4v) is 1.99. The SMILES string of the molecule is Cc1c(Cl)nc(C(C)C)nc1NCc1ccc(C#N)cc1. The zero-order valence-electron chi connectivity index (χ0n) is 12.3. The van der Waals surface area contributed by atoms with Gasteiger partial charge in [0.05, 0.1) is 11.6 Å². The number of aromatic nitrogens is 2. The summed E-state index contributed by atoms with van der Waals surface area (Å²) in [5.74, 6) is 1.70. The summed E-state index contributed by atoms with van der Waals surface area (Å²) < 4.78 is 0. The van der Waals surface area contributed by atoms with E-state index in [9.17, 15) is 0 Å². The van der Waals surface area contributed by atoms with E-state index in [1.807, 2.05) is 32.9 Å². The van der Waals surface area contributed by atoms with Gasteiger partial charge in [-0.3, -0.25) is 0 Å². The molecule has 1 aromatic carbocycles. The van der Waals surface area contributed by atoms with Gasteiger partial charge in [0.1, 0.15) is 16.8 Å². The van der Waals surface area contributed by atoms with Gasteiger partial charge in [-0.2, -0.15) is 5.26 Å². The largest absolute Gasteiger partial charge is 0.366 e. The van der Waals surface area contributed by atoms with Gasteiger partial charge >= 0.3 is 0 Å². The molecule has 5 heteroatoms. The van der Waals surface area contributed by atoms with E-state index in [0.29, 0.717) is 17.3 Å². The fraction of sp³-hybridized carbons (Fsp3) is 0.312. The average molecular weight is 301 g/mol. The molecule has 0 aliphatic rings. The average Bonchev–Trinajstić information content (AvgIpc) is 2.49. The Morgan fingerprint density at radius 3 is 2.48 bits per heavy atom. The Bertz CT molecular complexity index is 672. The van der Waals surface area contributed by atoms with Gasteiger partial charge in [-0.15, -0.1) is 0 Å². The number of hydrogen-bond acceptors (Lipinski definition) is 4. The summed E-state index contributed by atoms with van der Waals surface area (Å²) in [6, 6.07) is 9.56. The van der Waals surface area contributed by atoms with Crippen molar-refractivity contribution in [2.45, 2.75) is 33.2 Å². The van der Waals surface area contributed by atoms with Crippen LogP contribution in [0.25, 0.3) is 0 Å². The van der Waals surface area contributed by atoms with Crippen molar-refractivity contribution in [1.29, 1.82) is 5.26 Å². The fourth-order valence-electron chi connectivity index (χ4n) is 1.82. The van der Waals surface area contributed by atoms with Crippen LogP contribution in [-0.4, -0.2) is 9.97 Å². The van der Waals surface area contributed by atoms with Gasteiger partial charge in [0, 0.05) is 18.0 Å². The monoisotopic (exact) mass is 300 g/mol. The number of anilines is 1. The van der Waals surface area contributed by atoms with Crippen molar-refractivity contribution in [2.24, 2.45) is 0 Å². The van der Waals surface area contributed by atoms with Gasteiger partial charge < -0.3 is 5.32 Å². The number of benzene rings is 1. The molecule has 0 spiro atoms. The van der Waals surface area contributed by atoms with Crippen molar-refractivity contribution in [2.75, 3.05) is 5.32 Å². The zero-order valence-corrected chi connectivity index (χ0v) is 13.1. The Labute approximate surface area is 129 Å². The van der Waals surface area contributed by atoms with Crippen LogP contribution < -0.4 is 5.32 Å². The maximum Gasteiger partial charge on any atom is 0.137 e. The molecule has 0 radical (unpaired) electrons. The third-order valence-electron chi connectivity index (χ3n) is 3.16. The molecule has 0 aliphatic heterocycles. The topological polar surface area (TPSA) is 61.6 Å². The molecule has 1 N–H and O–H groups in total. The van der Waals surface area contributed by atoms with Gasteiger partial charge in [0.2, 0.25) is 0 Å². The van der Waals surface area contributed by atoms with Crippen LogP contribution in [0.2, 0.25) is 5.15 Å². The van der Waals surface area contributed by atoms with E-state index in [4.69, 9.17) is 16.9 Å². The Kier molecular flexibility index (Phi) is 4.77. The van der Waals surface area contributed by atoms with Gasteiger partial charge in [0.15, 0.2) is 0 Å². The molecule has 0 amide bonds. The lowest BCUT2D eigenvalue weighted by Crippen LogP contribution is -2.08. The van der Waals surface area contributed by atoms with Crippen LogP contribution in [0.15, 0.2) is 24.3 Å². The third-order valence-corrected chi connectivity index (χ3v) is 3.53. The van der Waals surface area contributed by atoms with Crippen molar-refractivity contribution in [3.63, 3.8) is 0 Å². The molecule has 0 aliphatic carbocycles. The molecule has 1 heterocycles. The second kappa shape index (κ2) is 6.55. The number of hydrogen-bond donors (Lipinski definition) is 1. The zero-order chi connectivity index (χ0) is 15.4. The summed E-state index contributed by atoms with van der Waals surface area (Å²) in [6.45, 7) is 6.59. The summed E-state index contributed by atoms with van der Waals surface area (Å²) in [5, 5.41) is 12.6. The second-order valence-corrected chi connectivity index (χ2v) is 5.52. The van der Waals surface area contributed by atoms with E-state index >= 15 is 0 Å². The number of rotatable bonds is 4. The first-order valence-electron chi connectivity index (χ1n) is 6.78. The lowest BCUT2D eigenvalue weighted by atomic mass is 10.1. The van der Waals surface area contributed by atoms with Crippen LogP contribution >= 0.6 is 11.6 Å². The van der Waals surface area contributed by atoms with Crippen molar-refractivity contribution >= 4 is 17.4 Å². The molecule has 108 valence electrons. The second-order valence-electron chi connectivity index (χ2n) is 5.16. The molecular weight excluding hydrogens is 284 g/mol. The van der Waals surface area contributed by atoms with Crippen molar-refractivity contribution in [1.82, 2.24) is 9.97 Å². The highest BCUT2D eigenvalue weighted by molar-refractivity contribution is 6.30. The molecule has 0 saturated heterocycles. The first-order chi connectivity index (χ1) is 10.0. The standard InChI is InChI=1S/C16H17ClN4/c1-10(2)15-20-14(17)11(3)16(21-15)19-9-13-6-4-12(8-18)5-7-13/h4-7,10H,9H2,1-3H3,(H,19,20,21). The van der Waals surface area contributed by atoms with Gasteiger partial charge in [-0.25, -0.2) is 9.97 Å². The molecular formula is C16H17ClN4. The molecule has 21 heavy (non-hydrogen) atoms. The Hall–Kier alpha value is -2.12. The minimum Gasteiger partial charge on any atom is -0.366 e. The summed E-state index contributed by atoms with van der Waals surface area (Å²) in [4.78, 5) is 8.81. The van der Waals surface area contributed by atoms with E-state index in [2.05, 4.69) is 21.4 Å². The molecule has 0 unspecified atom stereocenters. The molecule has 1 aromatic heterocycles. The highest BCUT2D eigenvalue weighted by Gasteiger charge is 2.11. The van der Waals surface area contributed by atoms with Crippen LogP contribution in [0.4, 0.5) is 5.82 Å². The molecule has 2 aromatic rings. The van der Waals surface area contributed by atoms with Crippen LogP contribution in [-0.2, 0) is 6.54 Å². The first kappa shape index (κ1) is 15.3. The summed E-state index contributed by atoms with van der Waals surface area (Å²) in [6.07, 6.45) is 0. The minimum atomic E-state index is 0.221. The van der Waals surface area contributed by atoms with Crippen molar-refractivity contribution < 1.29 is 0 Å². The number of nitrogens with zero attached hydrogens (tertiary/aromatic N) is 3. The summed E-state index contributed by atoms with van der Waals surface area (Å²) in [7, 11) is 0. The lowest BCUT2D eigenvalue weighted by Gasteiger charge is -2.13. The van der Waals surface area contributed by atoms with Crippen molar-refractivity contribution in [3.05, 3.63) is 51.9 Å². The van der Waals surface area contributed by atoms with E-state index in [0.717, 1.165) is 22.8 Å². The van der Waals surface area contributed by atoms with Crippen LogP contribution in [0.1, 0.15) is 42.3 Å². The first-order valence-corrected chi connectivity index (χ1v) is 7.16. The van der Waals surface area contributed by atoms with Crippen LogP contribution in [0.5, 0.6) is 0 Å². The molecule has 2 rings (SSSR count). The number of nitriles is 1. The maximum absolute atomic E-state index is 8.79. The van der Waals surface area contributed by atoms with Gasteiger partial charge in [-0.05, 0) is 24.6 Å². The smallest absolute Gasteiger partial charge is 0.137 e. The third kappa shape index (κ3) is 3.71. The van der Waals surface area contributed by atoms with E-state index in [1.54, 1.807) is 12.1 Å². The molecule has 0 saturated carbocycles. The highest BCUT2D eigenvalue weighted by atomic mass is 35.5. The number of nitrogens with one attached hydrogen (secondary N) is 1. The predicted octanol–water partition coefficient (Wildman–Crippen LogP) is 4.05. The molecule has 4 nitrogen and oxygen atoms in total. The maximum atomic E-state index is 8.79. The van der Waals surface area contributed by atoms with Gasteiger partial charge in [0.25, 0.3) is 0 Å². The summed E-state index contributed by atoms with van der Waals surface area (Å²) >= 11 is 6.16. The Balaban J connectivity index is 2.17. The van der Waals surface area contributed by atoms with Crippen LogP contribution in [0.3, 0.4) is 0 Å². The van der Waals surface area contributed by atoms with E-state index in [-0.39, 0.29) is 5.92 Å². The van der Waals surface area contributed by atoms with Crippen LogP contribution in [0, 0.1) is 18.3 Å².